The third-order valence-corrected chi connectivity index (χ3v) is 5.27. The maximum Gasteiger partial charge on any atom is 0.332 e. The second-order valence-electron chi connectivity index (χ2n) is 7.46. The van der Waals surface area contributed by atoms with Gasteiger partial charge in [-0.25, -0.2) is 9.48 Å². The Labute approximate surface area is 174 Å². The van der Waals surface area contributed by atoms with Crippen molar-refractivity contribution in [3.8, 4) is 5.69 Å². The maximum atomic E-state index is 12.8. The molecule has 1 aromatic carbocycles. The van der Waals surface area contributed by atoms with Gasteiger partial charge in [0.2, 0.25) is 0 Å². The van der Waals surface area contributed by atoms with E-state index >= 15 is 0 Å². The molecule has 30 heavy (non-hydrogen) atoms. The van der Waals surface area contributed by atoms with Crippen molar-refractivity contribution in [2.45, 2.75) is 20.4 Å². The van der Waals surface area contributed by atoms with Crippen molar-refractivity contribution in [1.82, 2.24) is 23.8 Å². The van der Waals surface area contributed by atoms with Crippen LogP contribution in [0, 0.1) is 13.8 Å². The molecule has 0 spiro atoms. The lowest BCUT2D eigenvalue weighted by molar-refractivity contribution is 0.0940. The number of rotatable bonds is 6. The maximum absolute atomic E-state index is 12.8. The first-order valence-corrected chi connectivity index (χ1v) is 9.51. The molecule has 0 aliphatic heterocycles. The van der Waals surface area contributed by atoms with E-state index in [1.165, 1.54) is 14.1 Å². The predicted octanol–water partition coefficient (Wildman–Crippen LogP) is 0.783. The van der Waals surface area contributed by atoms with Crippen molar-refractivity contribution in [1.29, 1.82) is 0 Å². The molecule has 9 heteroatoms. The Kier molecular flexibility index (Phi) is 5.75. The normalized spacial score (nSPS) is 11.3. The lowest BCUT2D eigenvalue weighted by atomic mass is 10.1. The Morgan fingerprint density at radius 3 is 2.37 bits per heavy atom. The Morgan fingerprint density at radius 1 is 1.10 bits per heavy atom. The van der Waals surface area contributed by atoms with Crippen LogP contribution in [0.3, 0.4) is 0 Å². The van der Waals surface area contributed by atoms with Crippen LogP contribution in [0.2, 0.25) is 0 Å². The van der Waals surface area contributed by atoms with E-state index in [1.807, 2.05) is 48.9 Å². The molecule has 2 aromatic heterocycles. The highest BCUT2D eigenvalue weighted by Crippen LogP contribution is 2.19. The summed E-state index contributed by atoms with van der Waals surface area (Å²) in [6.45, 7) is 4.37. The predicted molar refractivity (Wildman–Crippen MR) is 115 cm³/mol. The summed E-state index contributed by atoms with van der Waals surface area (Å²) in [5.74, 6) is -0.553. The van der Waals surface area contributed by atoms with Gasteiger partial charge in [0.25, 0.3) is 5.56 Å². The van der Waals surface area contributed by atoms with Crippen LogP contribution >= 0.6 is 0 Å². The number of carbonyl (C=O) groups excluding carboxylic acids is 1. The van der Waals surface area contributed by atoms with Crippen LogP contribution in [0.25, 0.3) is 5.69 Å². The topological polar surface area (TPSA) is 108 Å². The van der Waals surface area contributed by atoms with Crippen LogP contribution in [0.4, 0.5) is 5.82 Å². The molecule has 0 radical (unpaired) electrons. The van der Waals surface area contributed by atoms with E-state index in [4.69, 9.17) is 5.73 Å². The molecule has 0 atom stereocenters. The highest BCUT2D eigenvalue weighted by atomic mass is 16.2. The summed E-state index contributed by atoms with van der Waals surface area (Å²) in [6, 6.07) is 9.82. The van der Waals surface area contributed by atoms with Gasteiger partial charge in [0, 0.05) is 31.9 Å². The first-order valence-electron chi connectivity index (χ1n) is 9.51. The summed E-state index contributed by atoms with van der Waals surface area (Å²) in [4.78, 5) is 39.0. The number of benzene rings is 1. The molecule has 0 amide bonds. The van der Waals surface area contributed by atoms with Crippen molar-refractivity contribution in [3.05, 3.63) is 73.7 Å². The van der Waals surface area contributed by atoms with E-state index in [1.54, 1.807) is 11.9 Å². The van der Waals surface area contributed by atoms with Crippen molar-refractivity contribution in [2.24, 2.45) is 14.1 Å². The number of ketones is 1. The molecule has 0 aliphatic rings. The van der Waals surface area contributed by atoms with Gasteiger partial charge in [-0.05, 0) is 33.0 Å². The number of hydrogen-bond acceptors (Lipinski definition) is 6. The molecular weight excluding hydrogens is 384 g/mol. The lowest BCUT2D eigenvalue weighted by Gasteiger charge is -2.17. The summed E-state index contributed by atoms with van der Waals surface area (Å²) < 4.78 is 3.87. The number of nitrogens with two attached hydrogens (primary N) is 1. The van der Waals surface area contributed by atoms with Gasteiger partial charge in [-0.3, -0.25) is 23.6 Å². The van der Waals surface area contributed by atoms with E-state index in [-0.39, 0.29) is 17.9 Å². The molecule has 2 N–H and O–H groups in total. The molecule has 3 aromatic rings. The number of likely N-dealkylation sites (N-methyl/N-ethyl adjacent to an activating group) is 1. The molecule has 0 fully saturated rings. The third-order valence-electron chi connectivity index (χ3n) is 5.27. The molecule has 0 aliphatic carbocycles. The fraction of sp³-hybridized carbons (Fsp3) is 0.333. The number of nitrogen functional groups attached to an aromatic ring is 1. The Bertz CT molecular complexity index is 1220. The van der Waals surface area contributed by atoms with E-state index in [9.17, 15) is 14.4 Å². The van der Waals surface area contributed by atoms with Gasteiger partial charge in [0.15, 0.2) is 5.78 Å². The molecule has 0 saturated carbocycles. The van der Waals surface area contributed by atoms with E-state index in [0.717, 1.165) is 31.8 Å². The molecule has 0 saturated heterocycles. The average molecular weight is 410 g/mol. The van der Waals surface area contributed by atoms with Crippen LogP contribution in [0.1, 0.15) is 27.3 Å². The van der Waals surface area contributed by atoms with Crippen LogP contribution in [0.15, 0.2) is 39.9 Å². The molecule has 9 nitrogen and oxygen atoms in total. The minimum atomic E-state index is -0.682. The van der Waals surface area contributed by atoms with Crippen molar-refractivity contribution >= 4 is 11.6 Å². The fourth-order valence-corrected chi connectivity index (χ4v) is 3.50. The van der Waals surface area contributed by atoms with Gasteiger partial charge in [-0.2, -0.15) is 5.10 Å². The monoisotopic (exact) mass is 410 g/mol. The minimum absolute atomic E-state index is 0.0208. The van der Waals surface area contributed by atoms with Gasteiger partial charge in [-0.15, -0.1) is 0 Å². The van der Waals surface area contributed by atoms with Gasteiger partial charge < -0.3 is 5.73 Å². The Hall–Kier alpha value is -3.46. The van der Waals surface area contributed by atoms with E-state index in [2.05, 4.69) is 5.10 Å². The fourth-order valence-electron chi connectivity index (χ4n) is 3.50. The van der Waals surface area contributed by atoms with Crippen LogP contribution in [-0.2, 0) is 20.6 Å². The highest BCUT2D eigenvalue weighted by Gasteiger charge is 2.22. The summed E-state index contributed by atoms with van der Waals surface area (Å²) in [5, 5.41) is 4.63. The van der Waals surface area contributed by atoms with Gasteiger partial charge in [0.05, 0.1) is 17.9 Å². The third kappa shape index (κ3) is 3.71. The smallest absolute Gasteiger partial charge is 0.332 e. The van der Waals surface area contributed by atoms with Crippen LogP contribution < -0.4 is 17.0 Å². The second-order valence-corrected chi connectivity index (χ2v) is 7.46. The van der Waals surface area contributed by atoms with Crippen molar-refractivity contribution in [2.75, 3.05) is 19.3 Å². The number of aromatic nitrogens is 4. The van der Waals surface area contributed by atoms with Gasteiger partial charge >= 0.3 is 5.69 Å². The number of aryl methyl sites for hydroxylation is 1. The number of Topliss-reactive ketones (excluding diaryl/α,β-unsaturated/α-hetero) is 1. The average Bonchev–Trinajstić information content (AvgIpc) is 2.99. The minimum Gasteiger partial charge on any atom is -0.384 e. The lowest BCUT2D eigenvalue weighted by Crippen LogP contribution is -2.43. The standard InChI is InChI=1S/C21H26N6O3/c1-13-16(14(2)27(23-13)15-9-7-6-8-10-15)11-24(3)12-17(28)18-19(22)25(4)21(30)26(5)20(18)29/h6-10H,11-12,22H2,1-5H3. The van der Waals surface area contributed by atoms with Crippen LogP contribution in [-0.4, -0.2) is 43.2 Å². The first-order chi connectivity index (χ1) is 14.1. The Balaban J connectivity index is 1.85. The Morgan fingerprint density at radius 2 is 1.73 bits per heavy atom. The quantitative estimate of drug-likeness (QED) is 0.602. The molecular formula is C21H26N6O3. The van der Waals surface area contributed by atoms with Crippen molar-refractivity contribution < 1.29 is 4.79 Å². The largest absolute Gasteiger partial charge is 0.384 e. The summed E-state index contributed by atoms with van der Waals surface area (Å²) in [5.41, 5.74) is 8.30. The number of carbonyl (C=O) groups is 1. The van der Waals surface area contributed by atoms with Gasteiger partial charge in [0.1, 0.15) is 11.4 Å². The summed E-state index contributed by atoms with van der Waals surface area (Å²) >= 11 is 0. The van der Waals surface area contributed by atoms with Crippen molar-refractivity contribution in [3.63, 3.8) is 0 Å². The molecule has 2 heterocycles. The molecule has 0 unspecified atom stereocenters. The summed E-state index contributed by atoms with van der Waals surface area (Å²) in [6.07, 6.45) is 0. The number of hydrogen-bond donors (Lipinski definition) is 1. The number of anilines is 1. The number of nitrogens with zero attached hydrogens (tertiary/aromatic N) is 5. The van der Waals surface area contributed by atoms with E-state index in [0.29, 0.717) is 6.54 Å². The zero-order chi connectivity index (χ0) is 22.2. The SMILES string of the molecule is Cc1nn(-c2ccccc2)c(C)c1CN(C)CC(=O)c1c(N)n(C)c(=O)n(C)c1=O. The van der Waals surface area contributed by atoms with Gasteiger partial charge in [-0.1, -0.05) is 18.2 Å². The molecule has 3 rings (SSSR count). The zero-order valence-corrected chi connectivity index (χ0v) is 17.8. The molecule has 158 valence electrons. The number of para-hydroxylation sites is 1. The summed E-state index contributed by atoms with van der Waals surface area (Å²) in [7, 11) is 4.55. The highest BCUT2D eigenvalue weighted by molar-refractivity contribution is 6.01. The zero-order valence-electron chi connectivity index (χ0n) is 17.8. The first kappa shape index (κ1) is 21.3. The second kappa shape index (κ2) is 8.11. The molecule has 0 bridgehead atoms. The van der Waals surface area contributed by atoms with Crippen LogP contribution in [0.5, 0.6) is 0 Å². The van der Waals surface area contributed by atoms with E-state index < -0.39 is 17.0 Å².